The van der Waals surface area contributed by atoms with Crippen LogP contribution in [0.3, 0.4) is 0 Å². The number of nitrogens with one attached hydrogen (secondary N) is 1. The monoisotopic (exact) mass is 326 g/mol. The molecule has 0 aliphatic heterocycles. The molecule has 7 heteroatoms. The molecule has 120 valence electrons. The maximum Gasteiger partial charge on any atom is 0.240 e. The van der Waals surface area contributed by atoms with Crippen LogP contribution < -0.4 is 19.7 Å². The molecule has 0 spiro atoms. The number of hydrogen-bond acceptors (Lipinski definition) is 4. The van der Waals surface area contributed by atoms with Gasteiger partial charge in [-0.1, -0.05) is 17.7 Å². The second-order valence-corrected chi connectivity index (χ2v) is 4.76. The van der Waals surface area contributed by atoms with E-state index < -0.39 is 0 Å². The first-order valence-corrected chi connectivity index (χ1v) is 6.89. The fraction of sp³-hybridized carbons (Fsp3) is 0.333. The number of methoxy groups -OCH3 is 2. The molecule has 1 aromatic rings. The number of anilines is 1. The van der Waals surface area contributed by atoms with E-state index in [-0.39, 0.29) is 18.4 Å². The largest absolute Gasteiger partial charge is 0.495 e. The lowest BCUT2D eigenvalue weighted by Gasteiger charge is -2.23. The number of nitrogens with zero attached hydrogens (tertiary/aromatic N) is 1. The van der Waals surface area contributed by atoms with E-state index in [1.54, 1.807) is 12.1 Å². The second-order valence-electron chi connectivity index (χ2n) is 4.36. The molecule has 0 unspecified atom stereocenters. The highest BCUT2D eigenvalue weighted by atomic mass is 35.5. The summed E-state index contributed by atoms with van der Waals surface area (Å²) < 4.78 is 10.4. The van der Waals surface area contributed by atoms with Gasteiger partial charge < -0.3 is 14.8 Å². The van der Waals surface area contributed by atoms with Gasteiger partial charge in [-0.3, -0.25) is 14.5 Å². The van der Waals surface area contributed by atoms with Gasteiger partial charge in [-0.25, -0.2) is 0 Å². The molecule has 0 aliphatic carbocycles. The number of ether oxygens (including phenoxy) is 2. The Morgan fingerprint density at radius 3 is 2.45 bits per heavy atom. The molecule has 0 aromatic heterocycles. The molecule has 6 nitrogen and oxygen atoms in total. The van der Waals surface area contributed by atoms with Crippen molar-refractivity contribution in [1.82, 2.24) is 5.32 Å². The van der Waals surface area contributed by atoms with Gasteiger partial charge >= 0.3 is 0 Å². The lowest BCUT2D eigenvalue weighted by Crippen LogP contribution is -2.40. The standard InChI is InChI=1S/C15H19ClN2O4/c1-5-6-17-15(20)9-18(10(2)19)12-8-13(21-3)11(16)7-14(12)22-4/h5,7-8H,1,6,9H2,2-4H3,(H,17,20). The summed E-state index contributed by atoms with van der Waals surface area (Å²) in [7, 11) is 2.92. The van der Waals surface area contributed by atoms with Crippen LogP contribution in [0.2, 0.25) is 5.02 Å². The molecule has 22 heavy (non-hydrogen) atoms. The summed E-state index contributed by atoms with van der Waals surface area (Å²) in [6.45, 7) is 5.06. The average Bonchev–Trinajstić information content (AvgIpc) is 2.50. The third-order valence-corrected chi connectivity index (χ3v) is 3.16. The Kier molecular flexibility index (Phi) is 6.72. The first-order chi connectivity index (χ1) is 10.4. The van der Waals surface area contributed by atoms with Crippen LogP contribution in [-0.4, -0.2) is 39.1 Å². The van der Waals surface area contributed by atoms with Crippen molar-refractivity contribution >= 4 is 29.1 Å². The maximum atomic E-state index is 11.9. The van der Waals surface area contributed by atoms with E-state index in [1.807, 2.05) is 0 Å². The zero-order valence-electron chi connectivity index (χ0n) is 12.8. The van der Waals surface area contributed by atoms with Crippen molar-refractivity contribution in [1.29, 1.82) is 0 Å². The fourth-order valence-corrected chi connectivity index (χ4v) is 2.04. The van der Waals surface area contributed by atoms with Crippen molar-refractivity contribution in [2.45, 2.75) is 6.92 Å². The van der Waals surface area contributed by atoms with E-state index in [9.17, 15) is 9.59 Å². The molecule has 0 atom stereocenters. The predicted octanol–water partition coefficient (Wildman–Crippen LogP) is 2.01. The zero-order chi connectivity index (χ0) is 16.7. The normalized spacial score (nSPS) is 9.82. The highest BCUT2D eigenvalue weighted by Gasteiger charge is 2.21. The highest BCUT2D eigenvalue weighted by Crippen LogP contribution is 2.38. The van der Waals surface area contributed by atoms with E-state index in [2.05, 4.69) is 11.9 Å². The number of amides is 2. The molecule has 0 fully saturated rings. The number of carbonyl (C=O) groups is 2. The number of halogens is 1. The van der Waals surface area contributed by atoms with E-state index >= 15 is 0 Å². The summed E-state index contributed by atoms with van der Waals surface area (Å²) in [5.74, 6) is 0.134. The molecular formula is C15H19ClN2O4. The minimum absolute atomic E-state index is 0.148. The molecule has 1 aromatic carbocycles. The summed E-state index contributed by atoms with van der Waals surface area (Å²) in [5, 5.41) is 2.97. The van der Waals surface area contributed by atoms with Crippen molar-refractivity contribution in [2.24, 2.45) is 0 Å². The van der Waals surface area contributed by atoms with E-state index in [0.717, 1.165) is 0 Å². The average molecular weight is 327 g/mol. The second kappa shape index (κ2) is 8.29. The first kappa shape index (κ1) is 17.8. The van der Waals surface area contributed by atoms with Gasteiger partial charge in [0.05, 0.1) is 24.9 Å². The minimum Gasteiger partial charge on any atom is -0.495 e. The summed E-state index contributed by atoms with van der Waals surface area (Å²) in [6, 6.07) is 3.09. The third kappa shape index (κ3) is 4.39. The number of hydrogen-bond donors (Lipinski definition) is 1. The minimum atomic E-state index is -0.314. The molecule has 1 rings (SSSR count). The Balaban J connectivity index is 3.17. The lowest BCUT2D eigenvalue weighted by atomic mass is 10.2. The van der Waals surface area contributed by atoms with Crippen molar-refractivity contribution in [2.75, 3.05) is 32.2 Å². The van der Waals surface area contributed by atoms with Crippen LogP contribution in [0.15, 0.2) is 24.8 Å². The van der Waals surface area contributed by atoms with Crippen LogP contribution in [0.1, 0.15) is 6.92 Å². The molecule has 0 radical (unpaired) electrons. The van der Waals surface area contributed by atoms with Crippen LogP contribution in [0.4, 0.5) is 5.69 Å². The molecule has 0 saturated carbocycles. The fourth-order valence-electron chi connectivity index (χ4n) is 1.81. The maximum absolute atomic E-state index is 11.9. The molecular weight excluding hydrogens is 308 g/mol. The van der Waals surface area contributed by atoms with Crippen molar-refractivity contribution in [3.63, 3.8) is 0 Å². The Morgan fingerprint density at radius 1 is 1.32 bits per heavy atom. The van der Waals surface area contributed by atoms with Gasteiger partial charge in [0, 0.05) is 25.6 Å². The van der Waals surface area contributed by atoms with Gasteiger partial charge in [-0.05, 0) is 0 Å². The Labute approximate surface area is 134 Å². The number of rotatable bonds is 7. The molecule has 1 N–H and O–H groups in total. The van der Waals surface area contributed by atoms with Gasteiger partial charge in [0.25, 0.3) is 0 Å². The first-order valence-electron chi connectivity index (χ1n) is 6.51. The number of benzene rings is 1. The zero-order valence-corrected chi connectivity index (χ0v) is 13.6. The van der Waals surface area contributed by atoms with Crippen LogP contribution in [0.25, 0.3) is 0 Å². The van der Waals surface area contributed by atoms with Gasteiger partial charge in [0.15, 0.2) is 0 Å². The van der Waals surface area contributed by atoms with Crippen LogP contribution in [-0.2, 0) is 9.59 Å². The van der Waals surface area contributed by atoms with E-state index in [4.69, 9.17) is 21.1 Å². The summed E-state index contributed by atoms with van der Waals surface area (Å²) in [6.07, 6.45) is 1.56. The summed E-state index contributed by atoms with van der Waals surface area (Å²) in [4.78, 5) is 25.1. The van der Waals surface area contributed by atoms with Crippen molar-refractivity contribution < 1.29 is 19.1 Å². The van der Waals surface area contributed by atoms with Gasteiger partial charge in [0.2, 0.25) is 11.8 Å². The molecule has 0 bridgehead atoms. The van der Waals surface area contributed by atoms with Crippen molar-refractivity contribution in [3.05, 3.63) is 29.8 Å². The van der Waals surface area contributed by atoms with Gasteiger partial charge in [-0.2, -0.15) is 0 Å². The Morgan fingerprint density at radius 2 is 1.95 bits per heavy atom. The van der Waals surface area contributed by atoms with E-state index in [0.29, 0.717) is 28.8 Å². The highest BCUT2D eigenvalue weighted by molar-refractivity contribution is 6.32. The predicted molar refractivity (Wildman–Crippen MR) is 85.8 cm³/mol. The van der Waals surface area contributed by atoms with Crippen LogP contribution >= 0.6 is 11.6 Å². The van der Waals surface area contributed by atoms with E-state index in [1.165, 1.54) is 32.1 Å². The van der Waals surface area contributed by atoms with Gasteiger partial charge in [0.1, 0.15) is 18.0 Å². The Bertz CT molecular complexity index is 575. The lowest BCUT2D eigenvalue weighted by molar-refractivity contribution is -0.122. The van der Waals surface area contributed by atoms with Crippen LogP contribution in [0.5, 0.6) is 11.5 Å². The molecule has 2 amide bonds. The van der Waals surface area contributed by atoms with Gasteiger partial charge in [-0.15, -0.1) is 6.58 Å². The topological polar surface area (TPSA) is 67.9 Å². The third-order valence-electron chi connectivity index (χ3n) is 2.87. The van der Waals surface area contributed by atoms with Crippen LogP contribution in [0, 0.1) is 0 Å². The smallest absolute Gasteiger partial charge is 0.240 e. The number of carbonyl (C=O) groups excluding carboxylic acids is 2. The molecule has 0 heterocycles. The Hall–Kier alpha value is -2.21. The quantitative estimate of drug-likeness (QED) is 0.778. The van der Waals surface area contributed by atoms with Crippen molar-refractivity contribution in [3.8, 4) is 11.5 Å². The summed E-state index contributed by atoms with van der Waals surface area (Å²) >= 11 is 6.04. The SMILES string of the molecule is C=CCNC(=O)CN(C(C)=O)c1cc(OC)c(Cl)cc1OC. The summed E-state index contributed by atoms with van der Waals surface area (Å²) in [5.41, 5.74) is 0.407. The molecule has 0 aliphatic rings. The molecule has 0 saturated heterocycles.